The van der Waals surface area contributed by atoms with Crippen LogP contribution in [-0.4, -0.2) is 27.4 Å². The van der Waals surface area contributed by atoms with Crippen molar-refractivity contribution in [2.75, 3.05) is 13.1 Å². The first-order chi connectivity index (χ1) is 9.42. The Kier molecular flexibility index (Phi) is 6.05. The Bertz CT molecular complexity index is 575. The molecule has 6 nitrogen and oxygen atoms in total. The van der Waals surface area contributed by atoms with E-state index in [9.17, 15) is 17.6 Å². The van der Waals surface area contributed by atoms with E-state index in [0.29, 0.717) is 6.54 Å². The fraction of sp³-hybridized carbons (Fsp3) is 0.417. The van der Waals surface area contributed by atoms with E-state index >= 15 is 0 Å². The number of carbonyl (C=O) groups is 1. The smallest absolute Gasteiger partial charge is 0.241 e. The third-order valence-corrected chi connectivity index (χ3v) is 4.05. The number of benzene rings is 1. The van der Waals surface area contributed by atoms with Crippen LogP contribution in [0.1, 0.15) is 18.9 Å². The van der Waals surface area contributed by atoms with Gasteiger partial charge < -0.3 is 11.1 Å². The summed E-state index contributed by atoms with van der Waals surface area (Å²) in [7, 11) is -3.98. The van der Waals surface area contributed by atoms with Crippen LogP contribution >= 0.6 is 0 Å². The second-order valence-electron chi connectivity index (χ2n) is 4.10. The van der Waals surface area contributed by atoms with Crippen molar-refractivity contribution >= 4 is 15.9 Å². The second kappa shape index (κ2) is 7.32. The Hall–Kier alpha value is -1.51. The zero-order valence-electron chi connectivity index (χ0n) is 11.1. The molecule has 0 aliphatic carbocycles. The van der Waals surface area contributed by atoms with Crippen molar-refractivity contribution in [1.82, 2.24) is 10.0 Å². The van der Waals surface area contributed by atoms with E-state index in [-0.39, 0.29) is 17.0 Å². The molecule has 0 aromatic heterocycles. The normalized spacial score (nSPS) is 11.3. The number of rotatable bonds is 7. The lowest BCUT2D eigenvalue weighted by molar-refractivity contribution is -0.119. The van der Waals surface area contributed by atoms with E-state index in [1.807, 2.05) is 6.92 Å². The van der Waals surface area contributed by atoms with Crippen molar-refractivity contribution in [2.24, 2.45) is 5.73 Å². The molecule has 1 rings (SSSR count). The van der Waals surface area contributed by atoms with Crippen LogP contribution < -0.4 is 15.8 Å². The minimum absolute atomic E-state index is 0.103. The number of carbonyl (C=O) groups excluding carboxylic acids is 1. The zero-order valence-corrected chi connectivity index (χ0v) is 12.0. The summed E-state index contributed by atoms with van der Waals surface area (Å²) in [6.45, 7) is 1.70. The van der Waals surface area contributed by atoms with Crippen molar-refractivity contribution in [2.45, 2.75) is 24.8 Å². The molecular weight excluding hydrogens is 285 g/mol. The predicted octanol–water partition coefficient (Wildman–Crippen LogP) is 0.0889. The molecule has 0 radical (unpaired) electrons. The van der Waals surface area contributed by atoms with E-state index in [0.717, 1.165) is 12.5 Å². The average Bonchev–Trinajstić information content (AvgIpc) is 2.42. The highest BCUT2D eigenvalue weighted by atomic mass is 32.2. The van der Waals surface area contributed by atoms with Crippen LogP contribution in [0.4, 0.5) is 4.39 Å². The highest BCUT2D eigenvalue weighted by Gasteiger charge is 2.20. The number of nitrogens with two attached hydrogens (primary N) is 1. The number of amides is 1. The van der Waals surface area contributed by atoms with Crippen molar-refractivity contribution in [1.29, 1.82) is 0 Å². The topological polar surface area (TPSA) is 101 Å². The number of hydrogen-bond acceptors (Lipinski definition) is 4. The monoisotopic (exact) mass is 303 g/mol. The van der Waals surface area contributed by atoms with Crippen LogP contribution in [0.5, 0.6) is 0 Å². The van der Waals surface area contributed by atoms with Gasteiger partial charge in [-0.3, -0.25) is 4.79 Å². The molecule has 1 amide bonds. The summed E-state index contributed by atoms with van der Waals surface area (Å²) in [6.07, 6.45) is 0.750. The lowest BCUT2D eigenvalue weighted by Crippen LogP contribution is -2.37. The fourth-order valence-electron chi connectivity index (χ4n) is 1.55. The largest absolute Gasteiger partial charge is 0.355 e. The molecule has 0 unspecified atom stereocenters. The Balaban J connectivity index is 2.84. The van der Waals surface area contributed by atoms with Gasteiger partial charge in [0.1, 0.15) is 5.82 Å². The SMILES string of the molecule is CCCNC(=O)CNS(=O)(=O)c1cccc(F)c1CN. The van der Waals surface area contributed by atoms with Crippen LogP contribution in [0.15, 0.2) is 23.1 Å². The molecular formula is C12H18FN3O3S. The van der Waals surface area contributed by atoms with Gasteiger partial charge in [0, 0.05) is 18.7 Å². The van der Waals surface area contributed by atoms with Gasteiger partial charge in [-0.25, -0.2) is 17.5 Å². The fourth-order valence-corrected chi connectivity index (χ4v) is 2.79. The molecule has 1 aromatic rings. The minimum atomic E-state index is -3.98. The second-order valence-corrected chi connectivity index (χ2v) is 5.83. The first-order valence-electron chi connectivity index (χ1n) is 6.16. The Morgan fingerprint density at radius 3 is 2.70 bits per heavy atom. The lowest BCUT2D eigenvalue weighted by Gasteiger charge is -2.11. The molecule has 4 N–H and O–H groups in total. The lowest BCUT2D eigenvalue weighted by atomic mass is 10.2. The first-order valence-corrected chi connectivity index (χ1v) is 7.64. The molecule has 0 saturated heterocycles. The van der Waals surface area contributed by atoms with Crippen LogP contribution in [0.25, 0.3) is 0 Å². The number of halogens is 1. The highest BCUT2D eigenvalue weighted by molar-refractivity contribution is 7.89. The van der Waals surface area contributed by atoms with Crippen molar-refractivity contribution < 1.29 is 17.6 Å². The predicted molar refractivity (Wildman–Crippen MR) is 72.8 cm³/mol. The van der Waals surface area contributed by atoms with Gasteiger partial charge >= 0.3 is 0 Å². The van der Waals surface area contributed by atoms with Gasteiger partial charge in [-0.15, -0.1) is 0 Å². The number of sulfonamides is 1. The summed E-state index contributed by atoms with van der Waals surface area (Å²) in [6, 6.07) is 3.66. The minimum Gasteiger partial charge on any atom is -0.355 e. The summed E-state index contributed by atoms with van der Waals surface area (Å²) in [5.74, 6) is -1.13. The maximum atomic E-state index is 13.5. The summed E-state index contributed by atoms with van der Waals surface area (Å²) >= 11 is 0. The Morgan fingerprint density at radius 2 is 2.10 bits per heavy atom. The van der Waals surface area contributed by atoms with Crippen LogP contribution in [0.3, 0.4) is 0 Å². The summed E-state index contributed by atoms with van der Waals surface area (Å²) in [4.78, 5) is 11.1. The van der Waals surface area contributed by atoms with Gasteiger partial charge in [-0.05, 0) is 18.6 Å². The molecule has 0 saturated carbocycles. The molecule has 0 bridgehead atoms. The quantitative estimate of drug-likeness (QED) is 0.664. The van der Waals surface area contributed by atoms with E-state index in [1.54, 1.807) is 0 Å². The number of nitrogens with one attached hydrogen (secondary N) is 2. The highest BCUT2D eigenvalue weighted by Crippen LogP contribution is 2.17. The number of hydrogen-bond donors (Lipinski definition) is 3. The first kappa shape index (κ1) is 16.5. The third kappa shape index (κ3) is 4.26. The van der Waals surface area contributed by atoms with Gasteiger partial charge in [0.25, 0.3) is 0 Å². The summed E-state index contributed by atoms with van der Waals surface area (Å²) < 4.78 is 39.7. The van der Waals surface area contributed by atoms with Crippen LogP contribution in [0.2, 0.25) is 0 Å². The van der Waals surface area contributed by atoms with Gasteiger partial charge in [0.15, 0.2) is 0 Å². The molecule has 8 heteroatoms. The van der Waals surface area contributed by atoms with Crippen LogP contribution in [-0.2, 0) is 21.4 Å². The van der Waals surface area contributed by atoms with E-state index in [2.05, 4.69) is 10.0 Å². The molecule has 0 aliphatic heterocycles. The van der Waals surface area contributed by atoms with Gasteiger partial charge in [-0.2, -0.15) is 0 Å². The molecule has 0 heterocycles. The Morgan fingerprint density at radius 1 is 1.40 bits per heavy atom. The molecule has 20 heavy (non-hydrogen) atoms. The Labute approximate surface area is 117 Å². The van der Waals surface area contributed by atoms with Gasteiger partial charge in [0.05, 0.1) is 11.4 Å². The molecule has 0 fully saturated rings. The van der Waals surface area contributed by atoms with E-state index in [4.69, 9.17) is 5.73 Å². The molecule has 112 valence electrons. The molecule has 0 atom stereocenters. The van der Waals surface area contributed by atoms with E-state index < -0.39 is 28.3 Å². The molecule has 1 aromatic carbocycles. The standard InChI is InChI=1S/C12H18FN3O3S/c1-2-6-15-12(17)8-16-20(18,19)11-5-3-4-10(13)9(11)7-14/h3-5,16H,2,6-8,14H2,1H3,(H,15,17). The maximum Gasteiger partial charge on any atom is 0.241 e. The molecule has 0 spiro atoms. The summed E-state index contributed by atoms with van der Waals surface area (Å²) in [5, 5.41) is 2.53. The zero-order chi connectivity index (χ0) is 15.2. The third-order valence-electron chi connectivity index (χ3n) is 2.56. The maximum absolute atomic E-state index is 13.5. The van der Waals surface area contributed by atoms with Crippen molar-refractivity contribution in [3.8, 4) is 0 Å². The average molecular weight is 303 g/mol. The molecule has 0 aliphatic rings. The van der Waals surface area contributed by atoms with Crippen LogP contribution in [0, 0.1) is 5.82 Å². The van der Waals surface area contributed by atoms with Crippen molar-refractivity contribution in [3.05, 3.63) is 29.6 Å². The summed E-state index contributed by atoms with van der Waals surface area (Å²) in [5.41, 5.74) is 5.26. The van der Waals surface area contributed by atoms with E-state index in [1.165, 1.54) is 12.1 Å². The van der Waals surface area contributed by atoms with Crippen molar-refractivity contribution in [3.63, 3.8) is 0 Å². The van der Waals surface area contributed by atoms with Gasteiger partial charge in [-0.1, -0.05) is 13.0 Å². The van der Waals surface area contributed by atoms with Gasteiger partial charge in [0.2, 0.25) is 15.9 Å².